The van der Waals surface area contributed by atoms with E-state index in [-0.39, 0.29) is 23.1 Å². The molecule has 10 heavy (non-hydrogen) atoms. The summed E-state index contributed by atoms with van der Waals surface area (Å²) in [5.41, 5.74) is 0.981. The van der Waals surface area contributed by atoms with E-state index >= 15 is 0 Å². The minimum Gasteiger partial charge on any atom is -0.497 e. The maximum absolute atomic E-state index is 4.96. The summed E-state index contributed by atoms with van der Waals surface area (Å²) >= 11 is 0. The molecule has 51 valence electrons. The number of methoxy groups -OCH3 is 1. The van der Waals surface area contributed by atoms with Gasteiger partial charge in [-0.2, -0.15) is 0 Å². The first-order valence-corrected chi connectivity index (χ1v) is 2.79. The fraction of sp³-hybridized carbons (Fsp3) is 0.125. The first kappa shape index (κ1) is 9.79. The molecule has 1 aromatic carbocycles. The van der Waals surface area contributed by atoms with Crippen LogP contribution in [0.15, 0.2) is 24.3 Å². The lowest BCUT2D eigenvalue weighted by molar-refractivity contribution is 0.414. The highest BCUT2D eigenvalue weighted by Crippen LogP contribution is 2.10. The first-order valence-electron chi connectivity index (χ1n) is 2.79. The number of hydrogen-bond acceptors (Lipinski definition) is 1. The molecule has 0 atom stereocenters. The van der Waals surface area contributed by atoms with Crippen molar-refractivity contribution in [2.75, 3.05) is 7.11 Å². The van der Waals surface area contributed by atoms with Gasteiger partial charge in [0.15, 0.2) is 0 Å². The van der Waals surface area contributed by atoms with Crippen LogP contribution in [0.25, 0.3) is 0 Å². The fourth-order valence-corrected chi connectivity index (χ4v) is 0.672. The molecule has 0 aromatic heterocycles. The lowest BCUT2D eigenvalue weighted by Crippen LogP contribution is -1.81. The average molecular weight is 147 g/mol. The second kappa shape index (κ2) is 4.58. The van der Waals surface area contributed by atoms with Gasteiger partial charge in [0.05, 0.1) is 7.11 Å². The van der Waals surface area contributed by atoms with Crippen LogP contribution < -0.4 is 4.74 Å². The Morgan fingerprint density at radius 3 is 2.50 bits per heavy atom. The lowest BCUT2D eigenvalue weighted by atomic mass is 10.2. The molecule has 1 rings (SSSR count). The normalized spacial score (nSPS) is 8.20. The van der Waals surface area contributed by atoms with Gasteiger partial charge in [-0.25, -0.2) is 0 Å². The minimum absolute atomic E-state index is 0. The van der Waals surface area contributed by atoms with E-state index in [0.29, 0.717) is 0 Å². The van der Waals surface area contributed by atoms with E-state index in [4.69, 9.17) is 4.74 Å². The molecule has 0 saturated carbocycles. The molecule has 2 heteroatoms. The smallest absolute Gasteiger partial charge is 0.316 e. The zero-order valence-corrected chi connectivity index (χ0v) is 5.42. The van der Waals surface area contributed by atoms with Crippen molar-refractivity contribution >= 4 is 23.1 Å². The topological polar surface area (TPSA) is 9.23 Å². The van der Waals surface area contributed by atoms with Crippen LogP contribution in [0.1, 0.15) is 5.56 Å². The molecule has 0 N–H and O–H groups in total. The van der Waals surface area contributed by atoms with Crippen molar-refractivity contribution < 1.29 is 4.74 Å². The van der Waals surface area contributed by atoms with Crippen LogP contribution in [0, 0.1) is 6.92 Å². The first-order chi connectivity index (χ1) is 4.33. The summed E-state index contributed by atoms with van der Waals surface area (Å²) in [5.74, 6) is 0.863. The molecule has 1 aromatic rings. The van der Waals surface area contributed by atoms with Gasteiger partial charge in [-0.1, -0.05) is 12.1 Å². The van der Waals surface area contributed by atoms with Gasteiger partial charge in [-0.05, 0) is 24.6 Å². The largest absolute Gasteiger partial charge is 0.497 e. The molecule has 0 unspecified atom stereocenters. The number of ether oxygens (including phenoxy) is 1. The second-order valence-corrected chi connectivity index (χ2v) is 1.85. The van der Waals surface area contributed by atoms with Crippen molar-refractivity contribution in [3.8, 4) is 5.75 Å². The molecular weight excluding hydrogens is 136 g/mol. The van der Waals surface area contributed by atoms with Gasteiger partial charge < -0.3 is 4.74 Å². The van der Waals surface area contributed by atoms with Crippen molar-refractivity contribution in [2.24, 2.45) is 0 Å². The third kappa shape index (κ3) is 2.58. The van der Waals surface area contributed by atoms with Crippen molar-refractivity contribution in [2.45, 2.75) is 0 Å². The van der Waals surface area contributed by atoms with Gasteiger partial charge in [-0.3, -0.25) is 0 Å². The van der Waals surface area contributed by atoms with Crippen LogP contribution in [-0.2, 0) is 0 Å². The third-order valence-corrected chi connectivity index (χ3v) is 1.13. The third-order valence-electron chi connectivity index (χ3n) is 1.13. The zero-order valence-electron chi connectivity index (χ0n) is 5.42. The Bertz CT molecular complexity index is 198. The summed E-state index contributed by atoms with van der Waals surface area (Å²) in [5, 5.41) is 0. The number of hydrogen-bond donors (Lipinski definition) is 0. The summed E-state index contributed by atoms with van der Waals surface area (Å²) in [6.07, 6.45) is 0. The van der Waals surface area contributed by atoms with Gasteiger partial charge in [0.2, 0.25) is 0 Å². The molecule has 0 amide bonds. The molecule has 0 aliphatic heterocycles. The molecule has 1 radical (unpaired) electrons. The van der Waals surface area contributed by atoms with Crippen LogP contribution in [-0.4, -0.2) is 30.2 Å². The number of benzene rings is 1. The van der Waals surface area contributed by atoms with E-state index in [1.54, 1.807) is 7.11 Å². The molecule has 1 nitrogen and oxygen atoms in total. The quantitative estimate of drug-likeness (QED) is 0.538. The van der Waals surface area contributed by atoms with Crippen molar-refractivity contribution in [3.63, 3.8) is 0 Å². The maximum Gasteiger partial charge on any atom is 0.316 e. The molecule has 0 spiro atoms. The Kier molecular flexibility index (Phi) is 4.48. The van der Waals surface area contributed by atoms with E-state index in [2.05, 4.69) is 6.92 Å². The van der Waals surface area contributed by atoms with Crippen LogP contribution in [0.5, 0.6) is 5.75 Å². The van der Waals surface area contributed by atoms with Crippen molar-refractivity contribution in [3.05, 3.63) is 36.8 Å². The summed E-state index contributed by atoms with van der Waals surface area (Å²) < 4.78 is 4.96. The summed E-state index contributed by atoms with van der Waals surface area (Å²) in [6.45, 7) is 3.75. The minimum atomic E-state index is 0. The fourth-order valence-electron chi connectivity index (χ4n) is 0.672. The zero-order chi connectivity index (χ0) is 6.69. The standard InChI is InChI=1S/C8H9O.Mg.2H/c1-7-4-3-5-8(6-7)9-2;;;/h3-6H,1H2,2H3;;;. The predicted molar refractivity (Wildman–Crippen MR) is 46.0 cm³/mol. The number of rotatable bonds is 1. The van der Waals surface area contributed by atoms with E-state index < -0.39 is 0 Å². The Morgan fingerprint density at radius 1 is 1.40 bits per heavy atom. The SMILES string of the molecule is [CH2]c1cccc(OC)c1.[MgH2]. The van der Waals surface area contributed by atoms with Gasteiger partial charge in [0, 0.05) is 0 Å². The maximum atomic E-state index is 4.96. The van der Waals surface area contributed by atoms with Crippen molar-refractivity contribution in [1.82, 2.24) is 0 Å². The van der Waals surface area contributed by atoms with E-state index in [0.717, 1.165) is 11.3 Å². The molecule has 0 aliphatic rings. The highest BCUT2D eigenvalue weighted by molar-refractivity contribution is 5.75. The molecule has 0 fully saturated rings. The predicted octanol–water partition coefficient (Wildman–Crippen LogP) is 0.961. The summed E-state index contributed by atoms with van der Waals surface area (Å²) in [6, 6.07) is 7.64. The molecule has 0 bridgehead atoms. The van der Waals surface area contributed by atoms with Gasteiger partial charge >= 0.3 is 23.1 Å². The molecule has 0 saturated heterocycles. The molecular formula is C8H11MgO. The second-order valence-electron chi connectivity index (χ2n) is 1.85. The average Bonchev–Trinajstić information content (AvgIpc) is 1.88. The molecule has 0 heterocycles. The van der Waals surface area contributed by atoms with Crippen LogP contribution >= 0.6 is 0 Å². The van der Waals surface area contributed by atoms with E-state index in [9.17, 15) is 0 Å². The van der Waals surface area contributed by atoms with E-state index in [1.165, 1.54) is 0 Å². The summed E-state index contributed by atoms with van der Waals surface area (Å²) in [4.78, 5) is 0. The van der Waals surface area contributed by atoms with Gasteiger partial charge in [-0.15, -0.1) is 0 Å². The van der Waals surface area contributed by atoms with Crippen LogP contribution in [0.4, 0.5) is 0 Å². The Morgan fingerprint density at radius 2 is 2.10 bits per heavy atom. The Labute approximate surface area is 77.5 Å². The highest BCUT2D eigenvalue weighted by Gasteiger charge is 1.86. The van der Waals surface area contributed by atoms with Gasteiger partial charge in [0.25, 0.3) is 0 Å². The van der Waals surface area contributed by atoms with E-state index in [1.807, 2.05) is 24.3 Å². The monoisotopic (exact) mass is 147 g/mol. The molecule has 0 aliphatic carbocycles. The van der Waals surface area contributed by atoms with Crippen molar-refractivity contribution in [1.29, 1.82) is 0 Å². The van der Waals surface area contributed by atoms with Crippen LogP contribution in [0.2, 0.25) is 0 Å². The highest BCUT2D eigenvalue weighted by atomic mass is 24.3. The Hall–Kier alpha value is -0.214. The lowest BCUT2D eigenvalue weighted by Gasteiger charge is -1.97. The van der Waals surface area contributed by atoms with Gasteiger partial charge in [0.1, 0.15) is 5.75 Å². The summed E-state index contributed by atoms with van der Waals surface area (Å²) in [7, 11) is 1.65. The van der Waals surface area contributed by atoms with Crippen LogP contribution in [0.3, 0.4) is 0 Å². The Balaban J connectivity index is 0.000000810.